The van der Waals surface area contributed by atoms with Gasteiger partial charge in [0.05, 0.1) is 13.7 Å². The van der Waals surface area contributed by atoms with E-state index < -0.39 is 0 Å². The highest BCUT2D eigenvalue weighted by molar-refractivity contribution is 14.0. The summed E-state index contributed by atoms with van der Waals surface area (Å²) in [5.74, 6) is 1.96. The number of amides is 1. The Morgan fingerprint density at radius 3 is 2.50 bits per heavy atom. The highest BCUT2D eigenvalue weighted by atomic mass is 127. The lowest BCUT2D eigenvalue weighted by molar-refractivity contribution is -0.116. The number of aliphatic imine (C=N–C) groups is 1. The fraction of sp³-hybridized carbons (Fsp3) is 0.350. The van der Waals surface area contributed by atoms with E-state index in [1.807, 2.05) is 44.2 Å². The van der Waals surface area contributed by atoms with E-state index in [0.717, 1.165) is 23.4 Å². The number of hydrogen-bond acceptors (Lipinski definition) is 4. The minimum atomic E-state index is -0.0927. The van der Waals surface area contributed by atoms with Crippen LogP contribution in [-0.2, 0) is 11.3 Å². The number of hydrogen-bond donors (Lipinski definition) is 3. The number of nitrogens with zero attached hydrogens (tertiary/aromatic N) is 2. The van der Waals surface area contributed by atoms with Crippen LogP contribution in [0.15, 0.2) is 47.6 Å². The standard InChI is InChI=1S/C20H27N5O2.HI/c1-4-21-20(24-14-16-6-8-17(27-3)9-7-16)22-12-11-19(26)25-18-10-5-15(2)13-23-18;/h5-10,13H,4,11-12,14H2,1-3H3,(H2,21,22,24)(H,23,25,26);1H. The zero-order valence-corrected chi connectivity index (χ0v) is 18.8. The van der Waals surface area contributed by atoms with Gasteiger partial charge in [-0.1, -0.05) is 18.2 Å². The van der Waals surface area contributed by atoms with E-state index in [2.05, 4.69) is 25.9 Å². The van der Waals surface area contributed by atoms with Gasteiger partial charge in [0.1, 0.15) is 11.6 Å². The highest BCUT2D eigenvalue weighted by Crippen LogP contribution is 2.11. The number of anilines is 1. The number of aromatic nitrogens is 1. The lowest BCUT2D eigenvalue weighted by Crippen LogP contribution is -2.38. The summed E-state index contributed by atoms with van der Waals surface area (Å²) in [5.41, 5.74) is 2.13. The average Bonchev–Trinajstić information content (AvgIpc) is 2.68. The van der Waals surface area contributed by atoms with Crippen LogP contribution in [0.4, 0.5) is 5.82 Å². The molecule has 0 unspecified atom stereocenters. The number of nitrogens with one attached hydrogen (secondary N) is 3. The van der Waals surface area contributed by atoms with Gasteiger partial charge in [-0.15, -0.1) is 24.0 Å². The molecule has 0 saturated carbocycles. The Morgan fingerprint density at radius 2 is 1.89 bits per heavy atom. The van der Waals surface area contributed by atoms with E-state index >= 15 is 0 Å². The second kappa shape index (κ2) is 12.9. The molecule has 0 aliphatic carbocycles. The first-order chi connectivity index (χ1) is 13.1. The first-order valence-corrected chi connectivity index (χ1v) is 8.98. The van der Waals surface area contributed by atoms with Crippen LogP contribution in [0.25, 0.3) is 0 Å². The van der Waals surface area contributed by atoms with Crippen LogP contribution in [0.5, 0.6) is 5.75 Å². The molecule has 8 heteroatoms. The molecule has 0 fully saturated rings. The van der Waals surface area contributed by atoms with E-state index in [-0.39, 0.29) is 29.9 Å². The Hall–Kier alpha value is -2.36. The third-order valence-corrected chi connectivity index (χ3v) is 3.75. The molecule has 1 aromatic carbocycles. The molecule has 152 valence electrons. The van der Waals surface area contributed by atoms with Gasteiger partial charge in [-0.05, 0) is 43.2 Å². The van der Waals surface area contributed by atoms with Crippen molar-refractivity contribution >= 4 is 41.7 Å². The third-order valence-electron chi connectivity index (χ3n) is 3.75. The molecule has 3 N–H and O–H groups in total. The molecular formula is C20H28IN5O2. The van der Waals surface area contributed by atoms with Crippen molar-refractivity contribution in [1.82, 2.24) is 15.6 Å². The number of methoxy groups -OCH3 is 1. The van der Waals surface area contributed by atoms with E-state index in [1.54, 1.807) is 19.4 Å². The Morgan fingerprint density at radius 1 is 1.14 bits per heavy atom. The summed E-state index contributed by atoms with van der Waals surface area (Å²) in [6.45, 7) is 5.72. The minimum absolute atomic E-state index is 0. The molecular weight excluding hydrogens is 469 g/mol. The lowest BCUT2D eigenvalue weighted by Gasteiger charge is -2.11. The summed E-state index contributed by atoms with van der Waals surface area (Å²) in [6, 6.07) is 11.5. The van der Waals surface area contributed by atoms with Crippen molar-refractivity contribution in [2.45, 2.75) is 26.8 Å². The molecule has 28 heavy (non-hydrogen) atoms. The van der Waals surface area contributed by atoms with Gasteiger partial charge < -0.3 is 20.7 Å². The van der Waals surface area contributed by atoms with Crippen LogP contribution < -0.4 is 20.7 Å². The van der Waals surface area contributed by atoms with Crippen molar-refractivity contribution in [1.29, 1.82) is 0 Å². The summed E-state index contributed by atoms with van der Waals surface area (Å²) in [7, 11) is 1.64. The number of ether oxygens (including phenoxy) is 1. The monoisotopic (exact) mass is 497 g/mol. The summed E-state index contributed by atoms with van der Waals surface area (Å²) < 4.78 is 5.15. The van der Waals surface area contributed by atoms with Crippen molar-refractivity contribution in [3.05, 3.63) is 53.7 Å². The molecule has 2 rings (SSSR count). The largest absolute Gasteiger partial charge is 0.497 e. The van der Waals surface area contributed by atoms with Crippen molar-refractivity contribution in [2.24, 2.45) is 4.99 Å². The quantitative estimate of drug-likeness (QED) is 0.297. The molecule has 0 radical (unpaired) electrons. The van der Waals surface area contributed by atoms with Gasteiger partial charge >= 0.3 is 0 Å². The second-order valence-corrected chi connectivity index (χ2v) is 5.99. The SMILES string of the molecule is CCNC(=NCc1ccc(OC)cc1)NCCC(=O)Nc1ccc(C)cn1.I. The van der Waals surface area contributed by atoms with Gasteiger partial charge in [-0.3, -0.25) is 4.79 Å². The van der Waals surface area contributed by atoms with Crippen LogP contribution in [0, 0.1) is 6.92 Å². The smallest absolute Gasteiger partial charge is 0.227 e. The van der Waals surface area contributed by atoms with Crippen LogP contribution in [0.3, 0.4) is 0 Å². The zero-order chi connectivity index (χ0) is 19.5. The molecule has 0 atom stereocenters. The lowest BCUT2D eigenvalue weighted by atomic mass is 10.2. The molecule has 7 nitrogen and oxygen atoms in total. The molecule has 0 aliphatic rings. The van der Waals surface area contributed by atoms with E-state index in [4.69, 9.17) is 4.74 Å². The first-order valence-electron chi connectivity index (χ1n) is 8.98. The molecule has 2 aromatic rings. The Labute approximate surface area is 183 Å². The van der Waals surface area contributed by atoms with Gasteiger partial charge in [0.2, 0.25) is 5.91 Å². The van der Waals surface area contributed by atoms with E-state index in [9.17, 15) is 4.79 Å². The molecule has 0 aliphatic heterocycles. The van der Waals surface area contributed by atoms with Crippen molar-refractivity contribution in [2.75, 3.05) is 25.5 Å². The molecule has 0 bridgehead atoms. The number of aryl methyl sites for hydroxylation is 1. The number of carbonyl (C=O) groups excluding carboxylic acids is 1. The number of carbonyl (C=O) groups is 1. The number of rotatable bonds is 8. The maximum Gasteiger partial charge on any atom is 0.227 e. The molecule has 1 aromatic heterocycles. The van der Waals surface area contributed by atoms with E-state index in [1.165, 1.54) is 0 Å². The predicted molar refractivity (Wildman–Crippen MR) is 123 cm³/mol. The normalized spacial score (nSPS) is 10.6. The summed E-state index contributed by atoms with van der Waals surface area (Å²) in [4.78, 5) is 20.7. The number of halogens is 1. The van der Waals surface area contributed by atoms with E-state index in [0.29, 0.717) is 31.3 Å². The Kier molecular flexibility index (Phi) is 10.9. The number of pyridine rings is 1. The molecule has 1 heterocycles. The Bertz CT molecular complexity index is 748. The summed E-state index contributed by atoms with van der Waals surface area (Å²) in [5, 5.41) is 9.13. The number of benzene rings is 1. The minimum Gasteiger partial charge on any atom is -0.497 e. The third kappa shape index (κ3) is 8.55. The molecule has 1 amide bonds. The van der Waals surface area contributed by atoms with Crippen molar-refractivity contribution in [3.8, 4) is 5.75 Å². The summed E-state index contributed by atoms with van der Waals surface area (Å²) in [6.07, 6.45) is 2.05. The summed E-state index contributed by atoms with van der Waals surface area (Å²) >= 11 is 0. The van der Waals surface area contributed by atoms with Gasteiger partial charge in [0.25, 0.3) is 0 Å². The van der Waals surface area contributed by atoms with Gasteiger partial charge in [0.15, 0.2) is 5.96 Å². The van der Waals surface area contributed by atoms with Crippen molar-refractivity contribution in [3.63, 3.8) is 0 Å². The van der Waals surface area contributed by atoms with Crippen LogP contribution in [-0.4, -0.2) is 37.1 Å². The maximum absolute atomic E-state index is 12.0. The zero-order valence-electron chi connectivity index (χ0n) is 16.5. The second-order valence-electron chi connectivity index (χ2n) is 5.99. The van der Waals surface area contributed by atoms with Gasteiger partial charge in [0, 0.05) is 25.7 Å². The molecule has 0 saturated heterocycles. The highest BCUT2D eigenvalue weighted by Gasteiger charge is 2.04. The van der Waals surface area contributed by atoms with Crippen LogP contribution in [0.1, 0.15) is 24.5 Å². The first kappa shape index (κ1) is 23.7. The van der Waals surface area contributed by atoms with Gasteiger partial charge in [-0.2, -0.15) is 0 Å². The number of guanidine groups is 1. The maximum atomic E-state index is 12.0. The average molecular weight is 497 g/mol. The predicted octanol–water partition coefficient (Wildman–Crippen LogP) is 3.10. The fourth-order valence-corrected chi connectivity index (χ4v) is 2.28. The van der Waals surface area contributed by atoms with Crippen LogP contribution in [0.2, 0.25) is 0 Å². The topological polar surface area (TPSA) is 87.6 Å². The van der Waals surface area contributed by atoms with Crippen molar-refractivity contribution < 1.29 is 9.53 Å². The fourth-order valence-electron chi connectivity index (χ4n) is 2.28. The van der Waals surface area contributed by atoms with Gasteiger partial charge in [-0.25, -0.2) is 9.98 Å². The Balaban J connectivity index is 0.00000392. The molecule has 0 spiro atoms. The van der Waals surface area contributed by atoms with Crippen LogP contribution >= 0.6 is 24.0 Å².